The zero-order valence-corrected chi connectivity index (χ0v) is 20.8. The molecule has 2 aromatic rings. The zero-order chi connectivity index (χ0) is 24.4. The lowest BCUT2D eigenvalue weighted by molar-refractivity contribution is -0.140. The summed E-state index contributed by atoms with van der Waals surface area (Å²) >= 11 is 3.37. The van der Waals surface area contributed by atoms with Crippen molar-refractivity contribution in [2.75, 3.05) is 34.5 Å². The van der Waals surface area contributed by atoms with E-state index < -0.39 is 17.7 Å². The van der Waals surface area contributed by atoms with Crippen LogP contribution in [0.3, 0.4) is 0 Å². The molecule has 0 aliphatic carbocycles. The number of hydrogen-bond donors (Lipinski definition) is 1. The molecule has 2 saturated heterocycles. The van der Waals surface area contributed by atoms with Gasteiger partial charge in [0.25, 0.3) is 11.7 Å². The highest BCUT2D eigenvalue weighted by molar-refractivity contribution is 9.10. The fourth-order valence-electron chi connectivity index (χ4n) is 4.45. The van der Waals surface area contributed by atoms with Crippen molar-refractivity contribution >= 4 is 33.4 Å². The molecular formula is C25H26BrNO7. The second-order valence-electron chi connectivity index (χ2n) is 8.05. The van der Waals surface area contributed by atoms with Gasteiger partial charge in [0.05, 0.1) is 39.0 Å². The maximum absolute atomic E-state index is 13.2. The van der Waals surface area contributed by atoms with Crippen LogP contribution in [0.25, 0.3) is 5.76 Å². The number of carbonyl (C=O) groups excluding carboxylic acids is 2. The molecule has 2 heterocycles. The van der Waals surface area contributed by atoms with Gasteiger partial charge in [-0.25, -0.2) is 0 Å². The van der Waals surface area contributed by atoms with Crippen LogP contribution >= 0.6 is 15.9 Å². The Hall–Kier alpha value is -3.04. The van der Waals surface area contributed by atoms with Crippen molar-refractivity contribution < 1.29 is 33.6 Å². The predicted octanol–water partition coefficient (Wildman–Crippen LogP) is 4.08. The lowest BCUT2D eigenvalue weighted by atomic mass is 9.94. The van der Waals surface area contributed by atoms with Crippen molar-refractivity contribution in [3.63, 3.8) is 0 Å². The minimum absolute atomic E-state index is 0.000377. The molecule has 0 aromatic heterocycles. The highest BCUT2D eigenvalue weighted by Crippen LogP contribution is 2.46. The summed E-state index contributed by atoms with van der Waals surface area (Å²) in [5.41, 5.74) is 0.973. The van der Waals surface area contributed by atoms with Crippen LogP contribution in [0.4, 0.5) is 0 Å². The molecule has 34 heavy (non-hydrogen) atoms. The van der Waals surface area contributed by atoms with Crippen molar-refractivity contribution in [1.29, 1.82) is 0 Å². The fraction of sp³-hybridized carbons (Fsp3) is 0.360. The molecular weight excluding hydrogens is 506 g/mol. The van der Waals surface area contributed by atoms with Crippen LogP contribution in [0.5, 0.6) is 17.2 Å². The number of ketones is 1. The number of nitrogens with zero attached hydrogens (tertiary/aromatic N) is 1. The van der Waals surface area contributed by atoms with Gasteiger partial charge in [-0.3, -0.25) is 9.59 Å². The molecule has 2 aliphatic heterocycles. The molecule has 9 heteroatoms. The Bertz CT molecular complexity index is 1100. The number of methoxy groups -OCH3 is 3. The molecule has 1 amide bonds. The van der Waals surface area contributed by atoms with E-state index in [4.69, 9.17) is 18.9 Å². The molecule has 0 spiro atoms. The Morgan fingerprint density at radius 2 is 1.74 bits per heavy atom. The number of Topliss-reactive ketones (excluding diaryl/α,β-unsaturated/α-hetero) is 1. The van der Waals surface area contributed by atoms with Crippen molar-refractivity contribution in [2.24, 2.45) is 0 Å². The summed E-state index contributed by atoms with van der Waals surface area (Å²) in [4.78, 5) is 27.9. The van der Waals surface area contributed by atoms with E-state index in [0.29, 0.717) is 35.0 Å². The van der Waals surface area contributed by atoms with E-state index in [1.165, 1.54) is 26.2 Å². The first kappa shape index (κ1) is 24.1. The summed E-state index contributed by atoms with van der Waals surface area (Å²) in [6.07, 6.45) is 1.50. The largest absolute Gasteiger partial charge is 0.507 e. The standard InChI is InChI=1S/C25H26BrNO7/c1-31-18-11-15(12-19(32-2)24(18)33-3)21-20(22(28)14-6-8-16(26)9-7-14)23(29)25(30)27(21)13-17-5-4-10-34-17/h6-9,11-12,17,21,28H,4-5,10,13H2,1-3H3. The third-order valence-corrected chi connectivity index (χ3v) is 6.61. The smallest absolute Gasteiger partial charge is 0.295 e. The van der Waals surface area contributed by atoms with Crippen LogP contribution < -0.4 is 14.2 Å². The summed E-state index contributed by atoms with van der Waals surface area (Å²) in [6.45, 7) is 0.839. The highest BCUT2D eigenvalue weighted by Gasteiger charge is 2.47. The van der Waals surface area contributed by atoms with E-state index >= 15 is 0 Å². The van der Waals surface area contributed by atoms with E-state index in [1.54, 1.807) is 36.4 Å². The van der Waals surface area contributed by atoms with Gasteiger partial charge in [0, 0.05) is 23.2 Å². The van der Waals surface area contributed by atoms with Crippen molar-refractivity contribution in [3.05, 3.63) is 57.6 Å². The van der Waals surface area contributed by atoms with Gasteiger partial charge in [-0.1, -0.05) is 28.1 Å². The Kier molecular flexibility index (Phi) is 7.13. The van der Waals surface area contributed by atoms with Crippen LogP contribution in [-0.4, -0.2) is 62.3 Å². The average molecular weight is 532 g/mol. The summed E-state index contributed by atoms with van der Waals surface area (Å²) in [5.74, 6) is -0.548. The normalized spacial score (nSPS) is 21.7. The monoisotopic (exact) mass is 531 g/mol. The van der Waals surface area contributed by atoms with Gasteiger partial charge in [-0.2, -0.15) is 0 Å². The van der Waals surface area contributed by atoms with E-state index in [9.17, 15) is 14.7 Å². The molecule has 180 valence electrons. The maximum Gasteiger partial charge on any atom is 0.295 e. The summed E-state index contributed by atoms with van der Waals surface area (Å²) in [6, 6.07) is 9.39. The quantitative estimate of drug-likeness (QED) is 0.326. The molecule has 0 saturated carbocycles. The van der Waals surface area contributed by atoms with Gasteiger partial charge in [-0.15, -0.1) is 0 Å². The van der Waals surface area contributed by atoms with Gasteiger partial charge in [0.2, 0.25) is 5.75 Å². The average Bonchev–Trinajstić information content (AvgIpc) is 3.45. The van der Waals surface area contributed by atoms with E-state index in [-0.39, 0.29) is 24.0 Å². The van der Waals surface area contributed by atoms with Gasteiger partial charge in [-0.05, 0) is 42.7 Å². The SMILES string of the molecule is COc1cc(C2C(=C(O)c3ccc(Br)cc3)C(=O)C(=O)N2CC2CCCO2)cc(OC)c1OC. The fourth-order valence-corrected chi connectivity index (χ4v) is 4.71. The van der Waals surface area contributed by atoms with Crippen molar-refractivity contribution in [2.45, 2.75) is 25.0 Å². The lowest BCUT2D eigenvalue weighted by Crippen LogP contribution is -2.36. The van der Waals surface area contributed by atoms with Gasteiger partial charge in [0.1, 0.15) is 5.76 Å². The molecule has 2 unspecified atom stereocenters. The number of aliphatic hydroxyl groups is 1. The highest BCUT2D eigenvalue weighted by atomic mass is 79.9. The molecule has 0 bridgehead atoms. The van der Waals surface area contributed by atoms with E-state index in [2.05, 4.69) is 15.9 Å². The minimum atomic E-state index is -0.860. The van der Waals surface area contributed by atoms with Gasteiger partial charge in [0.15, 0.2) is 11.5 Å². The first-order valence-electron chi connectivity index (χ1n) is 10.9. The van der Waals surface area contributed by atoms with Crippen molar-refractivity contribution in [1.82, 2.24) is 4.90 Å². The van der Waals surface area contributed by atoms with Crippen LogP contribution in [0.1, 0.15) is 30.0 Å². The number of carbonyl (C=O) groups is 2. The van der Waals surface area contributed by atoms with Crippen LogP contribution in [0, 0.1) is 0 Å². The Morgan fingerprint density at radius 1 is 1.09 bits per heavy atom. The number of halogens is 1. The molecule has 0 radical (unpaired) electrons. The van der Waals surface area contributed by atoms with Crippen LogP contribution in [0.15, 0.2) is 46.4 Å². The first-order chi connectivity index (χ1) is 16.4. The van der Waals surface area contributed by atoms with Gasteiger partial charge >= 0.3 is 0 Å². The van der Waals surface area contributed by atoms with Crippen LogP contribution in [-0.2, 0) is 14.3 Å². The summed E-state index contributed by atoms with van der Waals surface area (Å²) < 4.78 is 23.0. The minimum Gasteiger partial charge on any atom is -0.507 e. The van der Waals surface area contributed by atoms with E-state index in [1.807, 2.05) is 0 Å². The lowest BCUT2D eigenvalue weighted by Gasteiger charge is -2.28. The molecule has 2 atom stereocenters. The number of rotatable bonds is 7. The number of hydrogen-bond acceptors (Lipinski definition) is 7. The number of aliphatic hydroxyl groups excluding tert-OH is 1. The number of benzene rings is 2. The molecule has 2 fully saturated rings. The third-order valence-electron chi connectivity index (χ3n) is 6.08. The summed E-state index contributed by atoms with van der Waals surface area (Å²) in [7, 11) is 4.48. The van der Waals surface area contributed by atoms with Crippen LogP contribution in [0.2, 0.25) is 0 Å². The molecule has 2 aliphatic rings. The molecule has 2 aromatic carbocycles. The Labute approximate surface area is 206 Å². The predicted molar refractivity (Wildman–Crippen MR) is 128 cm³/mol. The topological polar surface area (TPSA) is 94.5 Å². The number of amides is 1. The molecule has 4 rings (SSSR count). The number of likely N-dealkylation sites (tertiary alicyclic amines) is 1. The Balaban J connectivity index is 1.90. The second-order valence-corrected chi connectivity index (χ2v) is 8.97. The summed E-state index contributed by atoms with van der Waals surface area (Å²) in [5, 5.41) is 11.2. The van der Waals surface area contributed by atoms with E-state index in [0.717, 1.165) is 17.3 Å². The first-order valence-corrected chi connectivity index (χ1v) is 11.6. The number of ether oxygens (including phenoxy) is 4. The second kappa shape index (κ2) is 10.1. The van der Waals surface area contributed by atoms with Crippen molar-refractivity contribution in [3.8, 4) is 17.2 Å². The molecule has 8 nitrogen and oxygen atoms in total. The Morgan fingerprint density at radius 3 is 2.26 bits per heavy atom. The third kappa shape index (κ3) is 4.37. The maximum atomic E-state index is 13.2. The van der Waals surface area contributed by atoms with Gasteiger partial charge < -0.3 is 29.0 Å². The zero-order valence-electron chi connectivity index (χ0n) is 19.2. The molecule has 1 N–H and O–H groups in total.